The van der Waals surface area contributed by atoms with Gasteiger partial charge in [-0.15, -0.1) is 0 Å². The molecule has 0 saturated carbocycles. The third-order valence-corrected chi connectivity index (χ3v) is 6.84. The Morgan fingerprint density at radius 2 is 1.91 bits per heavy atom. The molecule has 1 aliphatic rings. The second-order valence-corrected chi connectivity index (χ2v) is 9.50. The third kappa shape index (κ3) is 4.38. The highest BCUT2D eigenvalue weighted by Crippen LogP contribution is 2.36. The lowest BCUT2D eigenvalue weighted by Crippen LogP contribution is -2.33. The minimum atomic E-state index is -0.378. The van der Waals surface area contributed by atoms with Crippen molar-refractivity contribution >= 4 is 34.6 Å². The van der Waals surface area contributed by atoms with Gasteiger partial charge in [-0.2, -0.15) is 5.10 Å². The van der Waals surface area contributed by atoms with Crippen molar-refractivity contribution < 1.29 is 14.3 Å². The number of aromatic nitrogens is 2. The number of ether oxygens (including phenoxy) is 2. The second-order valence-electron chi connectivity index (χ2n) is 8.63. The minimum absolute atomic E-state index is 0.141. The zero-order valence-electron chi connectivity index (χ0n) is 19.6. The molecule has 3 heterocycles. The number of carbonyl (C=O) groups excluding carboxylic acids is 1. The van der Waals surface area contributed by atoms with Gasteiger partial charge in [0.2, 0.25) is 0 Å². The number of nitrogens with one attached hydrogen (secondary N) is 1. The Balaban J connectivity index is 1.60. The van der Waals surface area contributed by atoms with E-state index in [0.717, 1.165) is 33.7 Å². The molecule has 2 aromatic heterocycles. The number of fused-ring (bicyclic) bond motifs is 2. The Kier molecular flexibility index (Phi) is 6.45. The van der Waals surface area contributed by atoms with E-state index >= 15 is 0 Å². The zero-order valence-corrected chi connectivity index (χ0v) is 21.2. The normalized spacial score (nSPS) is 16.0. The smallest absolute Gasteiger partial charge is 0.253 e. The van der Waals surface area contributed by atoms with Crippen LogP contribution in [-0.4, -0.2) is 29.2 Å². The van der Waals surface area contributed by atoms with Crippen LogP contribution in [0.3, 0.4) is 0 Å². The van der Waals surface area contributed by atoms with E-state index in [4.69, 9.17) is 37.8 Å². The van der Waals surface area contributed by atoms with Crippen LogP contribution in [-0.2, 0) is 4.74 Å². The van der Waals surface area contributed by atoms with Crippen LogP contribution in [0.4, 0.5) is 0 Å². The van der Waals surface area contributed by atoms with Crippen LogP contribution in [0.1, 0.15) is 52.8 Å². The van der Waals surface area contributed by atoms with Gasteiger partial charge in [0.1, 0.15) is 5.75 Å². The lowest BCUT2D eigenvalue weighted by molar-refractivity contribution is 0.0898. The summed E-state index contributed by atoms with van der Waals surface area (Å²) >= 11 is 12.6. The standard InChI is InChI=1S/C27H25Cl2N3O3/c1-15-25(17-12-18(28)14-19(29)13-17)23-9-8-21(26(16(2)34-3)32(23)31-15)27(33)30-22-10-11-35-24-7-5-4-6-20(22)24/h4-9,12-14,16,22H,10-11H2,1-3H3,(H,30,33)/t16?,22-/m0/s1. The second kappa shape index (κ2) is 9.53. The van der Waals surface area contributed by atoms with Crippen LogP contribution >= 0.6 is 23.2 Å². The fourth-order valence-corrected chi connectivity index (χ4v) is 5.25. The number of benzene rings is 2. The van der Waals surface area contributed by atoms with Gasteiger partial charge in [0.25, 0.3) is 5.91 Å². The Labute approximate surface area is 213 Å². The molecule has 5 rings (SSSR count). The molecule has 2 atom stereocenters. The molecule has 0 bridgehead atoms. The maximum atomic E-state index is 13.6. The van der Waals surface area contributed by atoms with Gasteiger partial charge < -0.3 is 14.8 Å². The highest BCUT2D eigenvalue weighted by Gasteiger charge is 2.27. The van der Waals surface area contributed by atoms with Gasteiger partial charge in [-0.25, -0.2) is 4.52 Å². The SMILES string of the molecule is COC(C)c1c(C(=O)N[C@H]2CCOc3ccccc32)ccc2c(-c3cc(Cl)cc(Cl)c3)c(C)nn12. The van der Waals surface area contributed by atoms with Gasteiger partial charge in [-0.05, 0) is 55.8 Å². The predicted molar refractivity (Wildman–Crippen MR) is 138 cm³/mol. The topological polar surface area (TPSA) is 64.9 Å². The average Bonchev–Trinajstić information content (AvgIpc) is 3.18. The Bertz CT molecular complexity index is 1410. The molecule has 0 spiro atoms. The molecule has 1 amide bonds. The van der Waals surface area contributed by atoms with E-state index in [2.05, 4.69) is 5.32 Å². The monoisotopic (exact) mass is 509 g/mol. The van der Waals surface area contributed by atoms with Crippen LogP contribution in [0, 0.1) is 6.92 Å². The molecule has 0 fully saturated rings. The Hall–Kier alpha value is -3.06. The fourth-order valence-electron chi connectivity index (χ4n) is 4.72. The summed E-state index contributed by atoms with van der Waals surface area (Å²) < 4.78 is 13.2. The number of hydrogen-bond donors (Lipinski definition) is 1. The highest BCUT2D eigenvalue weighted by molar-refractivity contribution is 6.35. The van der Waals surface area contributed by atoms with Gasteiger partial charge in [0, 0.05) is 34.7 Å². The number of amides is 1. The zero-order chi connectivity index (χ0) is 24.7. The average molecular weight is 510 g/mol. The van der Waals surface area contributed by atoms with Crippen LogP contribution in [0.2, 0.25) is 10.0 Å². The summed E-state index contributed by atoms with van der Waals surface area (Å²) in [5.74, 6) is 0.616. The molecule has 35 heavy (non-hydrogen) atoms. The van der Waals surface area contributed by atoms with Crippen molar-refractivity contribution in [2.45, 2.75) is 32.4 Å². The Morgan fingerprint density at radius 3 is 2.66 bits per heavy atom. The third-order valence-electron chi connectivity index (χ3n) is 6.41. The van der Waals surface area contributed by atoms with Crippen molar-refractivity contribution in [3.63, 3.8) is 0 Å². The molecule has 0 saturated heterocycles. The van der Waals surface area contributed by atoms with Crippen molar-refractivity contribution in [1.82, 2.24) is 14.9 Å². The summed E-state index contributed by atoms with van der Waals surface area (Å²) in [4.78, 5) is 13.6. The number of rotatable bonds is 5. The van der Waals surface area contributed by atoms with E-state index in [1.165, 1.54) is 0 Å². The molecule has 180 valence electrons. The van der Waals surface area contributed by atoms with Gasteiger partial charge in [-0.3, -0.25) is 4.79 Å². The van der Waals surface area contributed by atoms with E-state index in [1.54, 1.807) is 17.7 Å². The first-order valence-corrected chi connectivity index (χ1v) is 12.2. The molecule has 0 aliphatic carbocycles. The molecular weight excluding hydrogens is 485 g/mol. The van der Waals surface area contributed by atoms with E-state index in [0.29, 0.717) is 34.3 Å². The van der Waals surface area contributed by atoms with Crippen LogP contribution < -0.4 is 10.1 Å². The number of halogens is 2. The van der Waals surface area contributed by atoms with Gasteiger partial charge >= 0.3 is 0 Å². The van der Waals surface area contributed by atoms with Crippen molar-refractivity contribution in [2.75, 3.05) is 13.7 Å². The lowest BCUT2D eigenvalue weighted by Gasteiger charge is -2.27. The quantitative estimate of drug-likeness (QED) is 0.330. The van der Waals surface area contributed by atoms with E-state index in [9.17, 15) is 4.79 Å². The fraction of sp³-hybridized carbons (Fsp3) is 0.259. The first kappa shape index (κ1) is 23.7. The number of para-hydroxylation sites is 1. The van der Waals surface area contributed by atoms with Crippen LogP contribution in [0.5, 0.6) is 5.75 Å². The molecule has 1 aliphatic heterocycles. The number of carbonyl (C=O) groups is 1. The van der Waals surface area contributed by atoms with Crippen LogP contribution in [0.15, 0.2) is 54.6 Å². The molecule has 8 heteroatoms. The summed E-state index contributed by atoms with van der Waals surface area (Å²) in [6.45, 7) is 4.38. The van der Waals surface area contributed by atoms with Gasteiger partial charge in [0.05, 0.1) is 41.2 Å². The first-order valence-electron chi connectivity index (χ1n) is 11.4. The van der Waals surface area contributed by atoms with Crippen molar-refractivity contribution in [3.05, 3.63) is 87.2 Å². The predicted octanol–water partition coefficient (Wildman–Crippen LogP) is 6.58. The lowest BCUT2D eigenvalue weighted by atomic mass is 9.99. The number of pyridine rings is 1. The van der Waals surface area contributed by atoms with Crippen molar-refractivity contribution in [2.24, 2.45) is 0 Å². The maximum absolute atomic E-state index is 13.6. The van der Waals surface area contributed by atoms with Crippen LogP contribution in [0.25, 0.3) is 16.6 Å². The molecular formula is C27H25Cl2N3O3. The van der Waals surface area contributed by atoms with Gasteiger partial charge in [0.15, 0.2) is 0 Å². The van der Waals surface area contributed by atoms with Crippen molar-refractivity contribution in [1.29, 1.82) is 0 Å². The summed E-state index contributed by atoms with van der Waals surface area (Å²) in [5, 5.41) is 9.08. The van der Waals surface area contributed by atoms with E-state index < -0.39 is 0 Å². The number of methoxy groups -OCH3 is 1. The largest absolute Gasteiger partial charge is 0.493 e. The summed E-state index contributed by atoms with van der Waals surface area (Å²) in [6.07, 6.45) is 0.317. The minimum Gasteiger partial charge on any atom is -0.493 e. The summed E-state index contributed by atoms with van der Waals surface area (Å²) in [5.41, 5.74) is 5.56. The van der Waals surface area contributed by atoms with E-state index in [1.807, 2.05) is 62.4 Å². The van der Waals surface area contributed by atoms with E-state index in [-0.39, 0.29) is 18.1 Å². The molecule has 6 nitrogen and oxygen atoms in total. The molecule has 2 aromatic carbocycles. The number of nitrogens with zero attached hydrogens (tertiary/aromatic N) is 2. The van der Waals surface area contributed by atoms with Gasteiger partial charge in [-0.1, -0.05) is 41.4 Å². The Morgan fingerprint density at radius 1 is 1.17 bits per heavy atom. The van der Waals surface area contributed by atoms with Crippen molar-refractivity contribution in [3.8, 4) is 16.9 Å². The number of aryl methyl sites for hydroxylation is 1. The number of hydrogen-bond acceptors (Lipinski definition) is 4. The maximum Gasteiger partial charge on any atom is 0.253 e. The molecule has 1 unspecified atom stereocenters. The summed E-state index contributed by atoms with van der Waals surface area (Å²) in [6, 6.07) is 16.8. The molecule has 1 N–H and O–H groups in total. The first-order chi connectivity index (χ1) is 16.9. The molecule has 4 aromatic rings. The summed E-state index contributed by atoms with van der Waals surface area (Å²) in [7, 11) is 1.62. The molecule has 0 radical (unpaired) electrons. The highest BCUT2D eigenvalue weighted by atomic mass is 35.5.